The SMILES string of the molecule is COc1ccc(OCCN2CC(C(=O)Nc3ccc(Cl)cc3)CC2=O)cc1. The molecule has 1 heterocycles. The van der Waals surface area contributed by atoms with Gasteiger partial charge in [-0.05, 0) is 48.5 Å². The zero-order valence-electron chi connectivity index (χ0n) is 15.0. The number of hydrogen-bond acceptors (Lipinski definition) is 4. The summed E-state index contributed by atoms with van der Waals surface area (Å²) in [5.74, 6) is 0.897. The Morgan fingerprint density at radius 2 is 1.81 bits per heavy atom. The lowest BCUT2D eigenvalue weighted by atomic mass is 10.1. The van der Waals surface area contributed by atoms with E-state index in [4.69, 9.17) is 21.1 Å². The Bertz CT molecular complexity index is 793. The molecule has 0 aliphatic carbocycles. The predicted molar refractivity (Wildman–Crippen MR) is 103 cm³/mol. The molecule has 0 bridgehead atoms. The van der Waals surface area contributed by atoms with Gasteiger partial charge in [-0.2, -0.15) is 0 Å². The molecule has 0 radical (unpaired) electrons. The average molecular weight is 389 g/mol. The molecule has 0 aromatic heterocycles. The first kappa shape index (κ1) is 19.0. The first-order valence-corrected chi connectivity index (χ1v) is 9.04. The van der Waals surface area contributed by atoms with Crippen LogP contribution in [0.3, 0.4) is 0 Å². The number of ether oxygens (including phenoxy) is 2. The van der Waals surface area contributed by atoms with E-state index in [1.165, 1.54) is 0 Å². The van der Waals surface area contributed by atoms with Gasteiger partial charge in [-0.25, -0.2) is 0 Å². The first-order chi connectivity index (χ1) is 13.0. The smallest absolute Gasteiger partial charge is 0.229 e. The topological polar surface area (TPSA) is 67.9 Å². The van der Waals surface area contributed by atoms with Gasteiger partial charge < -0.3 is 19.7 Å². The largest absolute Gasteiger partial charge is 0.497 e. The molecule has 1 aliphatic rings. The van der Waals surface area contributed by atoms with Crippen LogP contribution in [0.15, 0.2) is 48.5 Å². The Hall–Kier alpha value is -2.73. The van der Waals surface area contributed by atoms with Gasteiger partial charge in [-0.3, -0.25) is 9.59 Å². The zero-order valence-corrected chi connectivity index (χ0v) is 15.7. The van der Waals surface area contributed by atoms with Crippen molar-refractivity contribution in [2.75, 3.05) is 32.1 Å². The van der Waals surface area contributed by atoms with Crippen LogP contribution in [-0.4, -0.2) is 43.5 Å². The fourth-order valence-electron chi connectivity index (χ4n) is 2.89. The minimum Gasteiger partial charge on any atom is -0.497 e. The summed E-state index contributed by atoms with van der Waals surface area (Å²) in [6.45, 7) is 1.20. The van der Waals surface area contributed by atoms with Crippen molar-refractivity contribution in [1.82, 2.24) is 4.90 Å². The van der Waals surface area contributed by atoms with Crippen LogP contribution < -0.4 is 14.8 Å². The predicted octanol–water partition coefficient (Wildman–Crippen LogP) is 3.21. The normalized spacial score (nSPS) is 16.3. The number of carbonyl (C=O) groups is 2. The van der Waals surface area contributed by atoms with Crippen molar-refractivity contribution in [3.05, 3.63) is 53.6 Å². The number of methoxy groups -OCH3 is 1. The molecule has 0 saturated carbocycles. The molecule has 1 fully saturated rings. The van der Waals surface area contributed by atoms with Crippen LogP contribution in [0.5, 0.6) is 11.5 Å². The van der Waals surface area contributed by atoms with Gasteiger partial charge in [0, 0.05) is 23.7 Å². The minimum absolute atomic E-state index is 0.0374. The van der Waals surface area contributed by atoms with Gasteiger partial charge >= 0.3 is 0 Å². The fourth-order valence-corrected chi connectivity index (χ4v) is 3.01. The van der Waals surface area contributed by atoms with E-state index in [9.17, 15) is 9.59 Å². The molecule has 0 spiro atoms. The molecule has 142 valence electrons. The van der Waals surface area contributed by atoms with Crippen molar-refractivity contribution >= 4 is 29.1 Å². The lowest BCUT2D eigenvalue weighted by Gasteiger charge is -2.17. The van der Waals surface area contributed by atoms with Gasteiger partial charge in [0.05, 0.1) is 19.6 Å². The van der Waals surface area contributed by atoms with Gasteiger partial charge in [0.1, 0.15) is 18.1 Å². The van der Waals surface area contributed by atoms with Crippen LogP contribution in [0.2, 0.25) is 5.02 Å². The molecule has 1 aliphatic heterocycles. The molecule has 1 saturated heterocycles. The number of anilines is 1. The maximum absolute atomic E-state index is 12.4. The van der Waals surface area contributed by atoms with Crippen LogP contribution in [0, 0.1) is 5.92 Å². The van der Waals surface area contributed by atoms with Crippen molar-refractivity contribution in [3.8, 4) is 11.5 Å². The number of nitrogens with zero attached hydrogens (tertiary/aromatic N) is 1. The molecule has 2 amide bonds. The first-order valence-electron chi connectivity index (χ1n) is 8.66. The second-order valence-corrected chi connectivity index (χ2v) is 6.70. The lowest BCUT2D eigenvalue weighted by molar-refractivity contribution is -0.128. The lowest BCUT2D eigenvalue weighted by Crippen LogP contribution is -2.31. The van der Waals surface area contributed by atoms with E-state index in [-0.39, 0.29) is 24.2 Å². The second kappa shape index (κ2) is 8.77. The Morgan fingerprint density at radius 3 is 2.48 bits per heavy atom. The molecule has 2 aromatic carbocycles. The number of carbonyl (C=O) groups excluding carboxylic acids is 2. The maximum atomic E-state index is 12.4. The van der Waals surface area contributed by atoms with E-state index in [1.54, 1.807) is 36.3 Å². The zero-order chi connectivity index (χ0) is 19.2. The summed E-state index contributed by atoms with van der Waals surface area (Å²) < 4.78 is 10.8. The summed E-state index contributed by atoms with van der Waals surface area (Å²) in [6.07, 6.45) is 0.210. The van der Waals surface area contributed by atoms with E-state index in [0.717, 1.165) is 5.75 Å². The third-order valence-electron chi connectivity index (χ3n) is 4.39. The molecule has 7 heteroatoms. The monoisotopic (exact) mass is 388 g/mol. The summed E-state index contributed by atoms with van der Waals surface area (Å²) in [4.78, 5) is 26.2. The summed E-state index contributed by atoms with van der Waals surface area (Å²) in [7, 11) is 1.61. The van der Waals surface area contributed by atoms with Crippen molar-refractivity contribution in [2.45, 2.75) is 6.42 Å². The summed E-state index contributed by atoms with van der Waals surface area (Å²) in [6, 6.07) is 14.1. The fraction of sp³-hybridized carbons (Fsp3) is 0.300. The maximum Gasteiger partial charge on any atom is 0.229 e. The van der Waals surface area contributed by atoms with Crippen LogP contribution in [0.25, 0.3) is 0 Å². The molecule has 1 N–H and O–H groups in total. The minimum atomic E-state index is -0.367. The quantitative estimate of drug-likeness (QED) is 0.790. The van der Waals surface area contributed by atoms with E-state index < -0.39 is 0 Å². The highest BCUT2D eigenvalue weighted by atomic mass is 35.5. The Kier molecular flexibility index (Phi) is 6.19. The molecule has 27 heavy (non-hydrogen) atoms. The summed E-state index contributed by atoms with van der Waals surface area (Å²) in [5.41, 5.74) is 0.665. The van der Waals surface area contributed by atoms with Crippen LogP contribution >= 0.6 is 11.6 Å². The number of nitrogens with one attached hydrogen (secondary N) is 1. The Labute approximate surface area is 163 Å². The van der Waals surface area contributed by atoms with Crippen molar-refractivity contribution in [3.63, 3.8) is 0 Å². The van der Waals surface area contributed by atoms with Crippen LogP contribution in [-0.2, 0) is 9.59 Å². The van der Waals surface area contributed by atoms with Crippen molar-refractivity contribution < 1.29 is 19.1 Å². The third kappa shape index (κ3) is 5.14. The molecule has 2 aromatic rings. The van der Waals surface area contributed by atoms with E-state index >= 15 is 0 Å². The van der Waals surface area contributed by atoms with Gasteiger partial charge in [-0.1, -0.05) is 11.6 Å². The molecule has 1 unspecified atom stereocenters. The molecular formula is C20H21ClN2O4. The third-order valence-corrected chi connectivity index (χ3v) is 4.64. The number of benzene rings is 2. The number of halogens is 1. The van der Waals surface area contributed by atoms with Gasteiger partial charge in [0.15, 0.2) is 0 Å². The average Bonchev–Trinajstić information content (AvgIpc) is 3.05. The molecular weight excluding hydrogens is 368 g/mol. The highest BCUT2D eigenvalue weighted by Gasteiger charge is 2.34. The van der Waals surface area contributed by atoms with E-state index in [2.05, 4.69) is 5.32 Å². The number of rotatable bonds is 7. The standard InChI is InChI=1S/C20H21ClN2O4/c1-26-17-6-8-18(9-7-17)27-11-10-23-13-14(12-19(23)24)20(25)22-16-4-2-15(21)3-5-16/h2-9,14H,10-13H2,1H3,(H,22,25). The number of likely N-dealkylation sites (tertiary alicyclic amines) is 1. The Balaban J connectivity index is 1.46. The molecule has 1 atom stereocenters. The Morgan fingerprint density at radius 1 is 1.15 bits per heavy atom. The summed E-state index contributed by atoms with van der Waals surface area (Å²) >= 11 is 5.84. The highest BCUT2D eigenvalue weighted by Crippen LogP contribution is 2.21. The van der Waals surface area contributed by atoms with E-state index in [1.807, 2.05) is 24.3 Å². The molecule has 3 rings (SSSR count). The number of hydrogen-bond donors (Lipinski definition) is 1. The second-order valence-electron chi connectivity index (χ2n) is 6.26. The van der Waals surface area contributed by atoms with Crippen LogP contribution in [0.1, 0.15) is 6.42 Å². The number of amides is 2. The van der Waals surface area contributed by atoms with E-state index in [0.29, 0.717) is 36.2 Å². The van der Waals surface area contributed by atoms with Crippen molar-refractivity contribution in [1.29, 1.82) is 0 Å². The van der Waals surface area contributed by atoms with Crippen LogP contribution in [0.4, 0.5) is 5.69 Å². The molecule has 6 nitrogen and oxygen atoms in total. The van der Waals surface area contributed by atoms with Gasteiger partial charge in [0.2, 0.25) is 11.8 Å². The van der Waals surface area contributed by atoms with Crippen molar-refractivity contribution in [2.24, 2.45) is 5.92 Å². The highest BCUT2D eigenvalue weighted by molar-refractivity contribution is 6.30. The van der Waals surface area contributed by atoms with Gasteiger partial charge in [-0.15, -0.1) is 0 Å². The van der Waals surface area contributed by atoms with Gasteiger partial charge in [0.25, 0.3) is 0 Å². The summed E-state index contributed by atoms with van der Waals surface area (Å²) in [5, 5.41) is 3.43.